The smallest absolute Gasteiger partial charge is 0.0357 e. The van der Waals surface area contributed by atoms with E-state index in [0.717, 1.165) is 13.1 Å². The average molecular weight is 551 g/mol. The van der Waals surface area contributed by atoms with Crippen LogP contribution in [0.15, 0.2) is 47.9 Å². The molecule has 0 spiro atoms. The molecule has 0 aromatic rings. The van der Waals surface area contributed by atoms with Crippen LogP contribution >= 0.6 is 0 Å². The summed E-state index contributed by atoms with van der Waals surface area (Å²) in [6.07, 6.45) is 51.3. The first-order chi connectivity index (χ1) is 19.9. The van der Waals surface area contributed by atoms with Gasteiger partial charge in [-0.3, -0.25) is 0 Å². The average Bonchev–Trinajstić information content (AvgIpc) is 2.97. The van der Waals surface area contributed by atoms with Gasteiger partial charge in [0.25, 0.3) is 0 Å². The van der Waals surface area contributed by atoms with Crippen molar-refractivity contribution in [3.63, 3.8) is 0 Å². The van der Waals surface area contributed by atoms with E-state index >= 15 is 0 Å². The van der Waals surface area contributed by atoms with Crippen LogP contribution in [0.2, 0.25) is 0 Å². The second-order valence-corrected chi connectivity index (χ2v) is 13.2. The topological polar surface area (TPSA) is 6.48 Å². The Bertz CT molecular complexity index is 668. The van der Waals surface area contributed by atoms with Gasteiger partial charge in [-0.05, 0) is 49.7 Å². The molecule has 0 N–H and O–H groups in total. The van der Waals surface area contributed by atoms with Crippen LogP contribution in [0, 0.1) is 0 Å². The van der Waals surface area contributed by atoms with Crippen LogP contribution in [-0.2, 0) is 0 Å². The van der Waals surface area contributed by atoms with Crippen molar-refractivity contribution in [1.82, 2.24) is 9.80 Å². The maximum Gasteiger partial charge on any atom is 0.0357 e. The summed E-state index contributed by atoms with van der Waals surface area (Å²) < 4.78 is 0. The molecule has 2 nitrogen and oxygen atoms in total. The SMILES string of the molecule is C1=CC2=CN(C1)CCCCCCCCCCCCCCC1=CN(CC=C1)CCCCCCCCCCCCCC2. The van der Waals surface area contributed by atoms with Gasteiger partial charge in [0.1, 0.15) is 0 Å². The molecule has 2 heteroatoms. The lowest BCUT2D eigenvalue weighted by Gasteiger charge is -2.23. The first-order valence-electron chi connectivity index (χ1n) is 18.1. The van der Waals surface area contributed by atoms with E-state index in [9.17, 15) is 0 Å². The van der Waals surface area contributed by atoms with Crippen LogP contribution in [0.4, 0.5) is 0 Å². The monoisotopic (exact) mass is 551 g/mol. The van der Waals surface area contributed by atoms with Crippen molar-refractivity contribution in [1.29, 1.82) is 0 Å². The summed E-state index contributed by atoms with van der Waals surface area (Å²) in [6.45, 7) is 4.74. The summed E-state index contributed by atoms with van der Waals surface area (Å²) in [5.41, 5.74) is 3.13. The third kappa shape index (κ3) is 16.7. The largest absolute Gasteiger partial charge is 0.373 e. The fourth-order valence-electron chi connectivity index (χ4n) is 6.77. The minimum atomic E-state index is 1.12. The molecule has 0 saturated heterocycles. The Labute approximate surface area is 250 Å². The van der Waals surface area contributed by atoms with Gasteiger partial charge in [0.05, 0.1) is 0 Å². The van der Waals surface area contributed by atoms with E-state index in [4.69, 9.17) is 0 Å². The van der Waals surface area contributed by atoms with Gasteiger partial charge < -0.3 is 9.80 Å². The highest BCUT2D eigenvalue weighted by Crippen LogP contribution is 2.20. The van der Waals surface area contributed by atoms with Gasteiger partial charge in [0.15, 0.2) is 0 Å². The Morgan fingerprint density at radius 2 is 0.600 bits per heavy atom. The Morgan fingerprint density at radius 3 is 0.925 bits per heavy atom. The first kappa shape index (κ1) is 33.1. The molecular weight excluding hydrogens is 484 g/mol. The zero-order chi connectivity index (χ0) is 27.8. The molecule has 3 rings (SSSR count). The molecule has 4 bridgehead atoms. The number of hydrogen-bond donors (Lipinski definition) is 0. The maximum atomic E-state index is 2.57. The predicted molar refractivity (Wildman–Crippen MR) is 178 cm³/mol. The first-order valence-corrected chi connectivity index (χ1v) is 18.1. The fourth-order valence-corrected chi connectivity index (χ4v) is 6.77. The normalized spacial score (nSPS) is 24.0. The molecule has 0 atom stereocenters. The molecular formula is C38H66N2. The summed E-state index contributed by atoms with van der Waals surface area (Å²) in [5, 5.41) is 0. The number of fused-ring (bicyclic) bond motifs is 2. The van der Waals surface area contributed by atoms with E-state index in [1.165, 1.54) is 180 Å². The van der Waals surface area contributed by atoms with Crippen LogP contribution in [0.3, 0.4) is 0 Å². The predicted octanol–water partition coefficient (Wildman–Crippen LogP) is 11.7. The summed E-state index contributed by atoms with van der Waals surface area (Å²) in [6, 6.07) is 0. The van der Waals surface area contributed by atoms with Gasteiger partial charge in [-0.25, -0.2) is 0 Å². The molecule has 0 radical (unpaired) electrons. The van der Waals surface area contributed by atoms with Gasteiger partial charge in [-0.15, -0.1) is 0 Å². The molecule has 228 valence electrons. The minimum Gasteiger partial charge on any atom is -0.373 e. The van der Waals surface area contributed by atoms with Crippen molar-refractivity contribution in [2.24, 2.45) is 0 Å². The number of nitrogens with zero attached hydrogens (tertiary/aromatic N) is 2. The van der Waals surface area contributed by atoms with Crippen molar-refractivity contribution in [2.45, 2.75) is 167 Å². The van der Waals surface area contributed by atoms with Gasteiger partial charge in [0, 0.05) is 38.6 Å². The highest BCUT2D eigenvalue weighted by atomic mass is 15.1. The van der Waals surface area contributed by atoms with Crippen molar-refractivity contribution in [3.8, 4) is 0 Å². The van der Waals surface area contributed by atoms with Crippen LogP contribution in [-0.4, -0.2) is 36.0 Å². The Kier molecular flexibility index (Phi) is 19.1. The quantitative estimate of drug-likeness (QED) is 0.296. The van der Waals surface area contributed by atoms with Crippen molar-refractivity contribution < 1.29 is 0 Å². The minimum absolute atomic E-state index is 1.12. The van der Waals surface area contributed by atoms with Crippen molar-refractivity contribution >= 4 is 0 Å². The maximum absolute atomic E-state index is 2.57. The molecule has 0 saturated carbocycles. The Morgan fingerprint density at radius 1 is 0.325 bits per heavy atom. The lowest BCUT2D eigenvalue weighted by Crippen LogP contribution is -2.21. The van der Waals surface area contributed by atoms with Gasteiger partial charge in [0.2, 0.25) is 0 Å². The van der Waals surface area contributed by atoms with E-state index in [1.807, 2.05) is 0 Å². The molecule has 0 amide bonds. The zero-order valence-electron chi connectivity index (χ0n) is 26.6. The molecule has 3 aliphatic heterocycles. The molecule has 0 aliphatic carbocycles. The Hall–Kier alpha value is -1.44. The van der Waals surface area contributed by atoms with Gasteiger partial charge in [-0.2, -0.15) is 0 Å². The second-order valence-electron chi connectivity index (χ2n) is 13.2. The lowest BCUT2D eigenvalue weighted by molar-refractivity contribution is 0.387. The van der Waals surface area contributed by atoms with E-state index < -0.39 is 0 Å². The van der Waals surface area contributed by atoms with E-state index in [-0.39, 0.29) is 0 Å². The number of allylic oxidation sites excluding steroid dienone is 4. The molecule has 3 aliphatic rings. The summed E-state index contributed by atoms with van der Waals surface area (Å²) >= 11 is 0. The molecule has 3 heterocycles. The summed E-state index contributed by atoms with van der Waals surface area (Å²) in [5.74, 6) is 0. The van der Waals surface area contributed by atoms with Crippen LogP contribution < -0.4 is 0 Å². The molecule has 40 heavy (non-hydrogen) atoms. The van der Waals surface area contributed by atoms with Crippen LogP contribution in [0.1, 0.15) is 167 Å². The molecule has 0 aromatic carbocycles. The molecule has 0 aromatic heterocycles. The fraction of sp³-hybridized carbons (Fsp3) is 0.789. The van der Waals surface area contributed by atoms with E-state index in [2.05, 4.69) is 46.5 Å². The number of rotatable bonds is 0. The zero-order valence-corrected chi connectivity index (χ0v) is 26.6. The molecule has 0 fully saturated rings. The van der Waals surface area contributed by atoms with Gasteiger partial charge in [-0.1, -0.05) is 153 Å². The van der Waals surface area contributed by atoms with Crippen molar-refractivity contribution in [3.05, 3.63) is 47.9 Å². The third-order valence-electron chi connectivity index (χ3n) is 9.36. The van der Waals surface area contributed by atoms with E-state index in [0.29, 0.717) is 0 Å². The summed E-state index contributed by atoms with van der Waals surface area (Å²) in [4.78, 5) is 5.14. The van der Waals surface area contributed by atoms with Gasteiger partial charge >= 0.3 is 0 Å². The highest BCUT2D eigenvalue weighted by Gasteiger charge is 2.07. The molecule has 0 unspecified atom stereocenters. The number of hydrogen-bond acceptors (Lipinski definition) is 2. The van der Waals surface area contributed by atoms with Crippen molar-refractivity contribution in [2.75, 3.05) is 26.2 Å². The van der Waals surface area contributed by atoms with Crippen LogP contribution in [0.25, 0.3) is 0 Å². The lowest BCUT2D eigenvalue weighted by atomic mass is 10.0. The third-order valence-corrected chi connectivity index (χ3v) is 9.36. The van der Waals surface area contributed by atoms with E-state index in [1.54, 1.807) is 11.1 Å². The second kappa shape index (κ2) is 23.2. The standard InChI is InChI=1S/C38H66N2/c1-3-7-11-15-19-23-31-39-33-26-30-38(36-39)28-22-18-14-10-6-2-4-8-12-16-20-24-32-40-34-25-29-37(35-40)27-21-17-13-9-5-1/h25-26,29-30,35-36H,1-24,27-28,31-34H2. The Balaban J connectivity index is 1.29. The summed E-state index contributed by atoms with van der Waals surface area (Å²) in [7, 11) is 0. The highest BCUT2D eigenvalue weighted by molar-refractivity contribution is 5.22. The van der Waals surface area contributed by atoms with Crippen LogP contribution in [0.5, 0.6) is 0 Å².